The van der Waals surface area contributed by atoms with E-state index in [2.05, 4.69) is 243 Å². The number of hydrogen-bond donors (Lipinski definition) is 0. The molecule has 0 bridgehead atoms. The van der Waals surface area contributed by atoms with E-state index in [-0.39, 0.29) is 0 Å². The average Bonchev–Trinajstić information content (AvgIpc) is 3.57. The van der Waals surface area contributed by atoms with Crippen LogP contribution >= 0.6 is 0 Å². The topological polar surface area (TPSA) is 3.24 Å². The molecule has 1 aliphatic carbocycles. The molecule has 0 amide bonds. The molecule has 56 heavy (non-hydrogen) atoms. The van der Waals surface area contributed by atoms with E-state index in [9.17, 15) is 0 Å². The molecule has 0 aromatic heterocycles. The zero-order valence-electron chi connectivity index (χ0n) is 31.8. The highest BCUT2D eigenvalue weighted by Crippen LogP contribution is 2.57. The Kier molecular flexibility index (Phi) is 9.35. The monoisotopic (exact) mass is 717 g/mol. The predicted octanol–water partition coefficient (Wildman–Crippen LogP) is 14.8. The summed E-state index contributed by atoms with van der Waals surface area (Å²) >= 11 is 0. The summed E-state index contributed by atoms with van der Waals surface area (Å²) in [5.74, 6) is 0. The molecule has 0 atom stereocenters. The molecule has 0 aliphatic heterocycles. The van der Waals surface area contributed by atoms with E-state index in [4.69, 9.17) is 0 Å². The van der Waals surface area contributed by atoms with Crippen molar-refractivity contribution in [3.05, 3.63) is 252 Å². The normalized spacial score (nSPS) is 13.0. The summed E-state index contributed by atoms with van der Waals surface area (Å²) in [7, 11) is 0. The first kappa shape index (κ1) is 34.8. The second-order valence-electron chi connectivity index (χ2n) is 14.4. The fourth-order valence-corrected chi connectivity index (χ4v) is 8.70. The van der Waals surface area contributed by atoms with Crippen LogP contribution in [-0.2, 0) is 5.41 Å². The molecular formula is C55H43N. The molecule has 0 unspecified atom stereocenters. The number of hydrogen-bond acceptors (Lipinski definition) is 1. The van der Waals surface area contributed by atoms with E-state index in [1.165, 1.54) is 66.8 Å². The van der Waals surface area contributed by atoms with Crippen LogP contribution in [0.25, 0.3) is 39.0 Å². The van der Waals surface area contributed by atoms with Gasteiger partial charge in [0.2, 0.25) is 0 Å². The van der Waals surface area contributed by atoms with Crippen molar-refractivity contribution in [2.75, 3.05) is 4.90 Å². The van der Waals surface area contributed by atoms with Crippen LogP contribution in [0.4, 0.5) is 17.1 Å². The van der Waals surface area contributed by atoms with Crippen LogP contribution in [0.3, 0.4) is 0 Å². The largest absolute Gasteiger partial charge is 0.310 e. The first-order valence-electron chi connectivity index (χ1n) is 19.5. The van der Waals surface area contributed by atoms with E-state index in [1.807, 2.05) is 0 Å². The number of fused-ring (bicyclic) bond motifs is 3. The van der Waals surface area contributed by atoms with Crippen LogP contribution in [0.15, 0.2) is 224 Å². The first-order chi connectivity index (χ1) is 27.7. The third-order valence-corrected chi connectivity index (χ3v) is 11.2. The average molecular weight is 718 g/mol. The molecule has 0 heterocycles. The lowest BCUT2D eigenvalue weighted by atomic mass is 9.67. The third-order valence-electron chi connectivity index (χ3n) is 11.2. The molecule has 1 heteroatoms. The van der Waals surface area contributed by atoms with Gasteiger partial charge in [-0.3, -0.25) is 0 Å². The van der Waals surface area contributed by atoms with E-state index in [0.29, 0.717) is 0 Å². The number of rotatable bonds is 9. The lowest BCUT2D eigenvalue weighted by Gasteiger charge is -2.35. The zero-order chi connectivity index (χ0) is 37.9. The van der Waals surface area contributed by atoms with Gasteiger partial charge < -0.3 is 4.90 Å². The van der Waals surface area contributed by atoms with Crippen molar-refractivity contribution in [1.82, 2.24) is 0 Å². The van der Waals surface area contributed by atoms with Gasteiger partial charge in [-0.05, 0) is 123 Å². The van der Waals surface area contributed by atoms with Gasteiger partial charge in [0, 0.05) is 17.1 Å². The molecule has 0 radical (unpaired) electrons. The van der Waals surface area contributed by atoms with E-state index < -0.39 is 5.41 Å². The Morgan fingerprint density at radius 1 is 0.411 bits per heavy atom. The van der Waals surface area contributed by atoms with Crippen molar-refractivity contribution in [3.8, 4) is 33.4 Å². The summed E-state index contributed by atoms with van der Waals surface area (Å²) in [6, 6.07) is 75.7. The molecule has 9 rings (SSSR count). The Hall–Kier alpha value is -6.96. The van der Waals surface area contributed by atoms with Gasteiger partial charge in [-0.2, -0.15) is 0 Å². The molecule has 268 valence electrons. The van der Waals surface area contributed by atoms with Crippen molar-refractivity contribution in [2.45, 2.75) is 19.3 Å². The van der Waals surface area contributed by atoms with Gasteiger partial charge in [-0.15, -0.1) is 0 Å². The Morgan fingerprint density at radius 3 is 1.46 bits per heavy atom. The minimum absolute atomic E-state index is 0.506. The van der Waals surface area contributed by atoms with Crippen molar-refractivity contribution < 1.29 is 0 Å². The predicted molar refractivity (Wildman–Crippen MR) is 238 cm³/mol. The van der Waals surface area contributed by atoms with Crippen molar-refractivity contribution in [1.29, 1.82) is 0 Å². The lowest BCUT2D eigenvalue weighted by molar-refractivity contribution is 0.768. The quantitative estimate of drug-likeness (QED) is 0.134. The summed E-state index contributed by atoms with van der Waals surface area (Å²) < 4.78 is 0. The highest BCUT2D eigenvalue weighted by Gasteiger charge is 2.46. The lowest BCUT2D eigenvalue weighted by Crippen LogP contribution is -2.28. The van der Waals surface area contributed by atoms with Gasteiger partial charge in [-0.1, -0.05) is 182 Å². The third kappa shape index (κ3) is 6.08. The van der Waals surface area contributed by atoms with Gasteiger partial charge in [0.25, 0.3) is 0 Å². The van der Waals surface area contributed by atoms with Crippen molar-refractivity contribution in [2.24, 2.45) is 0 Å². The molecular weight excluding hydrogens is 675 g/mol. The van der Waals surface area contributed by atoms with Gasteiger partial charge >= 0.3 is 0 Å². The Bertz CT molecular complexity index is 2570. The van der Waals surface area contributed by atoms with Gasteiger partial charge in [0.15, 0.2) is 0 Å². The summed E-state index contributed by atoms with van der Waals surface area (Å²) in [6.45, 7) is 4.17. The van der Waals surface area contributed by atoms with E-state index >= 15 is 0 Å². The summed E-state index contributed by atoms with van der Waals surface area (Å²) in [5, 5.41) is 0. The van der Waals surface area contributed by atoms with Gasteiger partial charge in [0.05, 0.1) is 5.41 Å². The second kappa shape index (κ2) is 15.1. The van der Waals surface area contributed by atoms with Crippen molar-refractivity contribution >= 4 is 22.6 Å². The molecule has 1 nitrogen and oxygen atoms in total. The van der Waals surface area contributed by atoms with Crippen LogP contribution in [0, 0.1) is 0 Å². The molecule has 8 aromatic carbocycles. The Morgan fingerprint density at radius 2 is 0.911 bits per heavy atom. The first-order valence-corrected chi connectivity index (χ1v) is 19.5. The molecule has 0 fully saturated rings. The van der Waals surface area contributed by atoms with E-state index in [0.717, 1.165) is 17.1 Å². The zero-order valence-corrected chi connectivity index (χ0v) is 31.8. The van der Waals surface area contributed by atoms with Gasteiger partial charge in [0.1, 0.15) is 0 Å². The molecule has 1 aliphatic rings. The maximum Gasteiger partial charge on any atom is 0.0714 e. The Balaban J connectivity index is 1.32. The number of allylic oxidation sites excluding steroid dienone is 4. The number of anilines is 3. The van der Waals surface area contributed by atoms with Gasteiger partial charge in [-0.25, -0.2) is 0 Å². The number of benzene rings is 8. The fraction of sp³-hybridized carbons (Fsp3) is 0.0545. The summed E-state index contributed by atoms with van der Waals surface area (Å²) in [5.41, 5.74) is 17.5. The molecule has 0 N–H and O–H groups in total. The van der Waals surface area contributed by atoms with Crippen LogP contribution < -0.4 is 4.90 Å². The highest BCUT2D eigenvalue weighted by molar-refractivity contribution is 5.91. The molecule has 8 aromatic rings. The van der Waals surface area contributed by atoms with Crippen LogP contribution in [-0.4, -0.2) is 0 Å². The molecule has 0 saturated heterocycles. The number of nitrogens with zero attached hydrogens (tertiary/aromatic N) is 1. The van der Waals surface area contributed by atoms with Crippen LogP contribution in [0.2, 0.25) is 0 Å². The SMILES string of the molecule is CC=CC(=CC)c1ccc(N(c2cc(-c3ccccc3)cc(-c3ccccc3)c2)c2ccc3c(c2)C(c2ccccc2)(c2ccccc2)c2ccccc2-3)cc1. The maximum absolute atomic E-state index is 2.46. The van der Waals surface area contributed by atoms with E-state index in [1.54, 1.807) is 0 Å². The van der Waals surface area contributed by atoms with Crippen molar-refractivity contribution in [3.63, 3.8) is 0 Å². The molecule has 0 saturated carbocycles. The second-order valence-corrected chi connectivity index (χ2v) is 14.4. The highest BCUT2D eigenvalue weighted by atomic mass is 15.1. The maximum atomic E-state index is 2.46. The molecule has 0 spiro atoms. The smallest absolute Gasteiger partial charge is 0.0714 e. The van der Waals surface area contributed by atoms with Crippen LogP contribution in [0.1, 0.15) is 41.7 Å². The van der Waals surface area contributed by atoms with Crippen LogP contribution in [0.5, 0.6) is 0 Å². The fourth-order valence-electron chi connectivity index (χ4n) is 8.70. The standard InChI is InChI=1S/C55H43N/c1-3-19-40(4-2)43-30-32-48(33-31-43)56(50-37-44(41-20-9-5-10-21-41)36-45(38-50)42-22-11-6-12-23-42)49-34-35-52-51-28-17-18-29-53(51)55(54(52)39-49,46-24-13-7-14-25-46)47-26-15-8-16-27-47/h3-39H,1-2H3. The Labute approximate surface area is 331 Å². The summed E-state index contributed by atoms with van der Waals surface area (Å²) in [6.07, 6.45) is 6.45. The minimum atomic E-state index is -0.506. The summed E-state index contributed by atoms with van der Waals surface area (Å²) in [4.78, 5) is 2.44. The minimum Gasteiger partial charge on any atom is -0.310 e.